The summed E-state index contributed by atoms with van der Waals surface area (Å²) < 4.78 is 5.09. The highest BCUT2D eigenvalue weighted by molar-refractivity contribution is 7.19. The van der Waals surface area contributed by atoms with E-state index in [0.717, 1.165) is 10.4 Å². The zero-order valence-electron chi connectivity index (χ0n) is 13.8. The lowest BCUT2D eigenvalue weighted by atomic mass is 10.1. The molecule has 2 aromatic heterocycles. The van der Waals surface area contributed by atoms with Crippen molar-refractivity contribution in [3.63, 3.8) is 0 Å². The molecule has 0 atom stereocenters. The normalized spacial score (nSPS) is 10.7. The van der Waals surface area contributed by atoms with E-state index in [1.165, 1.54) is 11.3 Å². The smallest absolute Gasteiger partial charge is 0.257 e. The molecular weight excluding hydrogens is 348 g/mol. The third-order valence-corrected chi connectivity index (χ3v) is 4.68. The highest BCUT2D eigenvalue weighted by atomic mass is 32.1. The highest BCUT2D eigenvalue weighted by Gasteiger charge is 2.20. The summed E-state index contributed by atoms with van der Waals surface area (Å²) in [5.41, 5.74) is 2.13. The first-order chi connectivity index (χ1) is 12.7. The second-order valence-corrected chi connectivity index (χ2v) is 6.52. The van der Waals surface area contributed by atoms with Gasteiger partial charge in [-0.05, 0) is 17.7 Å². The lowest BCUT2D eigenvalue weighted by Crippen LogP contribution is -2.11. The van der Waals surface area contributed by atoms with Crippen molar-refractivity contribution in [1.82, 2.24) is 15.1 Å². The van der Waals surface area contributed by atoms with Gasteiger partial charge in [0.2, 0.25) is 11.7 Å². The van der Waals surface area contributed by atoms with Crippen molar-refractivity contribution in [2.75, 3.05) is 5.32 Å². The van der Waals surface area contributed by atoms with Crippen molar-refractivity contribution < 1.29 is 9.32 Å². The van der Waals surface area contributed by atoms with Crippen molar-refractivity contribution in [2.45, 2.75) is 6.92 Å². The van der Waals surface area contributed by atoms with Gasteiger partial charge in [-0.1, -0.05) is 65.0 Å². The van der Waals surface area contributed by atoms with Gasteiger partial charge in [0.1, 0.15) is 5.69 Å². The molecule has 4 aromatic rings. The van der Waals surface area contributed by atoms with E-state index in [0.29, 0.717) is 28.1 Å². The average molecular weight is 362 g/mol. The van der Waals surface area contributed by atoms with Gasteiger partial charge in [0.25, 0.3) is 5.91 Å². The van der Waals surface area contributed by atoms with Gasteiger partial charge in [-0.2, -0.15) is 4.98 Å². The predicted octanol–water partition coefficient (Wildman–Crippen LogP) is 4.42. The molecule has 0 radical (unpaired) electrons. The van der Waals surface area contributed by atoms with E-state index < -0.39 is 0 Å². The number of amides is 1. The third-order valence-electron chi connectivity index (χ3n) is 3.66. The van der Waals surface area contributed by atoms with Crippen LogP contribution in [0.3, 0.4) is 0 Å². The number of aryl methyl sites for hydroxylation is 1. The van der Waals surface area contributed by atoms with Gasteiger partial charge in [-0.3, -0.25) is 10.1 Å². The number of benzene rings is 2. The molecule has 4 rings (SSSR count). The van der Waals surface area contributed by atoms with Gasteiger partial charge >= 0.3 is 0 Å². The fraction of sp³-hybridized carbons (Fsp3) is 0.0526. The second kappa shape index (κ2) is 6.89. The Hall–Kier alpha value is -3.32. The van der Waals surface area contributed by atoms with E-state index in [1.807, 2.05) is 48.5 Å². The summed E-state index contributed by atoms with van der Waals surface area (Å²) in [6.45, 7) is 1.73. The Morgan fingerprint density at radius 3 is 2.35 bits per heavy atom. The van der Waals surface area contributed by atoms with Crippen LogP contribution in [0.4, 0.5) is 5.13 Å². The molecule has 2 aromatic carbocycles. The Bertz CT molecular complexity index is 1040. The summed E-state index contributed by atoms with van der Waals surface area (Å²) in [4.78, 5) is 22.1. The van der Waals surface area contributed by atoms with E-state index in [9.17, 15) is 4.79 Å². The Kier molecular flexibility index (Phi) is 4.28. The number of carbonyl (C=O) groups excluding carboxylic acids is 1. The van der Waals surface area contributed by atoms with Crippen LogP contribution in [-0.4, -0.2) is 21.0 Å². The monoisotopic (exact) mass is 362 g/mol. The molecule has 0 saturated heterocycles. The van der Waals surface area contributed by atoms with Crippen molar-refractivity contribution in [1.29, 1.82) is 0 Å². The molecule has 128 valence electrons. The number of nitrogens with zero attached hydrogens (tertiary/aromatic N) is 3. The zero-order chi connectivity index (χ0) is 17.9. The van der Waals surface area contributed by atoms with Crippen LogP contribution < -0.4 is 5.32 Å². The standard InChI is InChI=1S/C19H14N4O2S/c1-12-20-17(23-25-12)15-16(13-8-4-2-5-9-13)26-19(21-15)22-18(24)14-10-6-3-7-11-14/h2-11H,1H3,(H,21,22,24). The number of anilines is 1. The molecule has 0 spiro atoms. The van der Waals surface area contributed by atoms with Crippen LogP contribution in [0.1, 0.15) is 16.2 Å². The van der Waals surface area contributed by atoms with Gasteiger partial charge in [0.05, 0.1) is 4.88 Å². The molecule has 0 saturated carbocycles. The number of thiazole rings is 1. The van der Waals surface area contributed by atoms with Gasteiger partial charge < -0.3 is 4.52 Å². The minimum absolute atomic E-state index is 0.213. The summed E-state index contributed by atoms with van der Waals surface area (Å²) in [7, 11) is 0. The van der Waals surface area contributed by atoms with Crippen LogP contribution in [0.5, 0.6) is 0 Å². The first-order valence-electron chi connectivity index (χ1n) is 7.94. The maximum absolute atomic E-state index is 12.4. The Morgan fingerprint density at radius 2 is 1.69 bits per heavy atom. The summed E-state index contributed by atoms with van der Waals surface area (Å²) in [5, 5.41) is 7.30. The summed E-state index contributed by atoms with van der Waals surface area (Å²) in [6.07, 6.45) is 0. The number of hydrogen-bond donors (Lipinski definition) is 1. The van der Waals surface area contributed by atoms with Crippen molar-refractivity contribution in [3.05, 3.63) is 72.1 Å². The van der Waals surface area contributed by atoms with Crippen LogP contribution in [-0.2, 0) is 0 Å². The van der Waals surface area contributed by atoms with Gasteiger partial charge in [-0.15, -0.1) is 0 Å². The molecular formula is C19H14N4O2S. The number of aromatic nitrogens is 3. The second-order valence-electron chi connectivity index (χ2n) is 5.52. The Balaban J connectivity index is 1.73. The lowest BCUT2D eigenvalue weighted by molar-refractivity contribution is 0.102. The largest absolute Gasteiger partial charge is 0.339 e. The van der Waals surface area contributed by atoms with E-state index in [4.69, 9.17) is 4.52 Å². The molecule has 2 heterocycles. The molecule has 6 nitrogen and oxygen atoms in total. The molecule has 0 bridgehead atoms. The summed E-state index contributed by atoms with van der Waals surface area (Å²) in [6, 6.07) is 18.8. The number of carbonyl (C=O) groups is 1. The van der Waals surface area contributed by atoms with Crippen molar-refractivity contribution >= 4 is 22.4 Å². The van der Waals surface area contributed by atoms with Crippen LogP contribution in [0.2, 0.25) is 0 Å². The SMILES string of the molecule is Cc1nc(-c2nc(NC(=O)c3ccccc3)sc2-c2ccccc2)no1. The van der Waals surface area contributed by atoms with Crippen LogP contribution in [0, 0.1) is 6.92 Å². The first-order valence-corrected chi connectivity index (χ1v) is 8.75. The van der Waals surface area contributed by atoms with Crippen molar-refractivity contribution in [2.24, 2.45) is 0 Å². The maximum Gasteiger partial charge on any atom is 0.257 e. The summed E-state index contributed by atoms with van der Waals surface area (Å²) in [5.74, 6) is 0.648. The van der Waals surface area contributed by atoms with E-state index in [1.54, 1.807) is 19.1 Å². The van der Waals surface area contributed by atoms with Gasteiger partial charge in [0, 0.05) is 12.5 Å². The molecule has 26 heavy (non-hydrogen) atoms. The fourth-order valence-electron chi connectivity index (χ4n) is 2.46. The molecule has 1 N–H and O–H groups in total. The highest BCUT2D eigenvalue weighted by Crippen LogP contribution is 2.38. The fourth-order valence-corrected chi connectivity index (χ4v) is 3.43. The van der Waals surface area contributed by atoms with Gasteiger partial charge in [-0.25, -0.2) is 4.98 Å². The number of rotatable bonds is 4. The van der Waals surface area contributed by atoms with Crippen molar-refractivity contribution in [3.8, 4) is 22.0 Å². The Labute approximate surface area is 153 Å². The predicted molar refractivity (Wildman–Crippen MR) is 100.0 cm³/mol. The molecule has 0 unspecified atom stereocenters. The van der Waals surface area contributed by atoms with E-state index in [-0.39, 0.29) is 5.91 Å². The Morgan fingerprint density at radius 1 is 1.00 bits per heavy atom. The van der Waals surface area contributed by atoms with E-state index >= 15 is 0 Å². The quantitative estimate of drug-likeness (QED) is 0.581. The molecule has 1 amide bonds. The number of nitrogens with one attached hydrogen (secondary N) is 1. The van der Waals surface area contributed by atoms with E-state index in [2.05, 4.69) is 20.4 Å². The zero-order valence-corrected chi connectivity index (χ0v) is 14.7. The average Bonchev–Trinajstić information content (AvgIpc) is 3.29. The van der Waals surface area contributed by atoms with Crippen LogP contribution in [0.15, 0.2) is 65.2 Å². The topological polar surface area (TPSA) is 80.9 Å². The molecule has 0 aliphatic heterocycles. The molecule has 0 aliphatic carbocycles. The molecule has 0 fully saturated rings. The number of hydrogen-bond acceptors (Lipinski definition) is 6. The minimum Gasteiger partial charge on any atom is -0.339 e. The van der Waals surface area contributed by atoms with Crippen LogP contribution >= 0.6 is 11.3 Å². The summed E-state index contributed by atoms with van der Waals surface area (Å²) >= 11 is 1.37. The third kappa shape index (κ3) is 3.25. The van der Waals surface area contributed by atoms with Gasteiger partial charge in [0.15, 0.2) is 5.13 Å². The first kappa shape index (κ1) is 16.2. The molecule has 0 aliphatic rings. The van der Waals surface area contributed by atoms with Crippen LogP contribution in [0.25, 0.3) is 22.0 Å². The molecule has 7 heteroatoms. The minimum atomic E-state index is -0.213. The lowest BCUT2D eigenvalue weighted by Gasteiger charge is -2.00. The maximum atomic E-state index is 12.4.